The highest BCUT2D eigenvalue weighted by atomic mass is 16.3. The van der Waals surface area contributed by atoms with E-state index >= 15 is 0 Å². The smallest absolute Gasteiger partial charge is 0.109 e. The molecule has 3 aromatic rings. The molecule has 2 N–H and O–H groups in total. The molecule has 2 atom stereocenters. The average Bonchev–Trinajstić information content (AvgIpc) is 2.50. The normalized spacial score (nSPS) is 20.5. The van der Waals surface area contributed by atoms with Crippen molar-refractivity contribution in [3.05, 3.63) is 58.7 Å². The number of aromatic nitrogens is 1. The molecule has 0 saturated heterocycles. The largest absolute Gasteiger partial charge is 0.386 e. The molecule has 0 bridgehead atoms. The zero-order valence-electron chi connectivity index (χ0n) is 12.5. The SMILES string of the molecule is Cc1ccc2c(C)c3ccc4c(c3nc2c1)C=C[C@@H](O)[C@@H]4O. The monoisotopic (exact) mass is 291 g/mol. The first kappa shape index (κ1) is 13.4. The zero-order valence-corrected chi connectivity index (χ0v) is 12.5. The standard InChI is InChI=1S/C19H17NO2/c1-10-3-4-12-11(2)13-5-6-15-14(7-8-17(21)19(15)22)18(13)20-16(12)9-10/h3-9,17,19,21-22H,1-2H3/t17-,19-/m1/s1. The Morgan fingerprint density at radius 2 is 1.77 bits per heavy atom. The van der Waals surface area contributed by atoms with Crippen LogP contribution in [-0.2, 0) is 0 Å². The van der Waals surface area contributed by atoms with E-state index in [0.717, 1.165) is 32.9 Å². The molecule has 4 rings (SSSR count). The molecule has 0 fully saturated rings. The molecule has 0 radical (unpaired) electrons. The third kappa shape index (κ3) is 1.79. The van der Waals surface area contributed by atoms with Gasteiger partial charge in [-0.2, -0.15) is 0 Å². The molecule has 0 amide bonds. The maximum atomic E-state index is 10.2. The van der Waals surface area contributed by atoms with Gasteiger partial charge < -0.3 is 10.2 Å². The molecule has 1 aliphatic rings. The number of benzene rings is 2. The minimum Gasteiger partial charge on any atom is -0.386 e. The number of hydrogen-bond acceptors (Lipinski definition) is 3. The number of fused-ring (bicyclic) bond motifs is 4. The number of aliphatic hydroxyl groups is 2. The first-order chi connectivity index (χ1) is 10.6. The Morgan fingerprint density at radius 1 is 1.00 bits per heavy atom. The molecular weight excluding hydrogens is 274 g/mol. The van der Waals surface area contributed by atoms with E-state index in [1.807, 2.05) is 18.2 Å². The fourth-order valence-corrected chi connectivity index (χ4v) is 3.28. The van der Waals surface area contributed by atoms with Gasteiger partial charge in [-0.3, -0.25) is 0 Å². The minimum atomic E-state index is -0.889. The van der Waals surface area contributed by atoms with E-state index in [0.29, 0.717) is 0 Å². The Kier molecular flexibility index (Phi) is 2.83. The second kappa shape index (κ2) is 4.63. The van der Waals surface area contributed by atoms with E-state index in [1.54, 1.807) is 6.08 Å². The van der Waals surface area contributed by atoms with Crippen LogP contribution in [0.3, 0.4) is 0 Å². The highest BCUT2D eigenvalue weighted by Crippen LogP contribution is 2.35. The molecule has 110 valence electrons. The maximum Gasteiger partial charge on any atom is 0.109 e. The third-order valence-corrected chi connectivity index (χ3v) is 4.55. The van der Waals surface area contributed by atoms with Gasteiger partial charge in [-0.25, -0.2) is 4.98 Å². The summed E-state index contributed by atoms with van der Waals surface area (Å²) < 4.78 is 0. The van der Waals surface area contributed by atoms with E-state index in [9.17, 15) is 10.2 Å². The van der Waals surface area contributed by atoms with Crippen LogP contribution in [0, 0.1) is 13.8 Å². The number of hydrogen-bond donors (Lipinski definition) is 2. The van der Waals surface area contributed by atoms with Gasteiger partial charge in [-0.1, -0.05) is 36.4 Å². The Balaban J connectivity index is 2.14. The Morgan fingerprint density at radius 3 is 2.59 bits per heavy atom. The van der Waals surface area contributed by atoms with Gasteiger partial charge >= 0.3 is 0 Å². The molecule has 0 spiro atoms. The van der Waals surface area contributed by atoms with Gasteiger partial charge in [0, 0.05) is 16.3 Å². The summed E-state index contributed by atoms with van der Waals surface area (Å²) >= 11 is 0. The average molecular weight is 291 g/mol. The van der Waals surface area contributed by atoms with Crippen LogP contribution in [0.4, 0.5) is 0 Å². The van der Waals surface area contributed by atoms with Crippen LogP contribution in [0.25, 0.3) is 27.9 Å². The predicted octanol–water partition coefficient (Wildman–Crippen LogP) is 3.43. The third-order valence-electron chi connectivity index (χ3n) is 4.55. The molecule has 22 heavy (non-hydrogen) atoms. The lowest BCUT2D eigenvalue weighted by Crippen LogP contribution is -2.19. The number of rotatable bonds is 0. The highest BCUT2D eigenvalue weighted by Gasteiger charge is 2.24. The van der Waals surface area contributed by atoms with Gasteiger partial charge in [0.1, 0.15) is 12.2 Å². The molecule has 0 saturated carbocycles. The fourth-order valence-electron chi connectivity index (χ4n) is 3.28. The van der Waals surface area contributed by atoms with Crippen molar-refractivity contribution in [2.75, 3.05) is 0 Å². The molecule has 1 heterocycles. The predicted molar refractivity (Wildman–Crippen MR) is 88.7 cm³/mol. The topological polar surface area (TPSA) is 53.4 Å². The molecule has 0 unspecified atom stereocenters. The molecule has 1 aromatic heterocycles. The summed E-state index contributed by atoms with van der Waals surface area (Å²) in [5.41, 5.74) is 5.86. The van der Waals surface area contributed by atoms with E-state index in [1.165, 1.54) is 11.1 Å². The van der Waals surface area contributed by atoms with Crippen LogP contribution in [0.1, 0.15) is 28.4 Å². The number of aliphatic hydroxyl groups excluding tert-OH is 2. The summed E-state index contributed by atoms with van der Waals surface area (Å²) in [5, 5.41) is 22.2. The van der Waals surface area contributed by atoms with Crippen LogP contribution >= 0.6 is 0 Å². The van der Waals surface area contributed by atoms with Gasteiger partial charge in [0.25, 0.3) is 0 Å². The van der Waals surface area contributed by atoms with Crippen molar-refractivity contribution in [3.63, 3.8) is 0 Å². The quantitative estimate of drug-likeness (QED) is 0.624. The van der Waals surface area contributed by atoms with Crippen LogP contribution in [0.2, 0.25) is 0 Å². The summed E-state index contributed by atoms with van der Waals surface area (Å²) in [5.74, 6) is 0. The zero-order chi connectivity index (χ0) is 15.4. The van der Waals surface area contributed by atoms with Crippen molar-refractivity contribution in [3.8, 4) is 0 Å². The number of pyridine rings is 1. The summed E-state index contributed by atoms with van der Waals surface area (Å²) in [6.45, 7) is 4.16. The lowest BCUT2D eigenvalue weighted by atomic mass is 9.89. The number of nitrogens with zero attached hydrogens (tertiary/aromatic N) is 1. The molecule has 2 aromatic carbocycles. The summed E-state index contributed by atoms with van der Waals surface area (Å²) in [4.78, 5) is 4.83. The second-order valence-electron chi connectivity index (χ2n) is 6.02. The van der Waals surface area contributed by atoms with Gasteiger partial charge in [0.15, 0.2) is 0 Å². The van der Waals surface area contributed by atoms with Gasteiger partial charge in [0.2, 0.25) is 0 Å². The van der Waals surface area contributed by atoms with Crippen molar-refractivity contribution in [1.29, 1.82) is 0 Å². The van der Waals surface area contributed by atoms with E-state index in [4.69, 9.17) is 4.98 Å². The van der Waals surface area contributed by atoms with Crippen LogP contribution < -0.4 is 0 Å². The second-order valence-corrected chi connectivity index (χ2v) is 6.02. The Bertz CT molecular complexity index is 943. The summed E-state index contributed by atoms with van der Waals surface area (Å²) in [6.07, 6.45) is 1.75. The van der Waals surface area contributed by atoms with E-state index < -0.39 is 12.2 Å². The molecular formula is C19H17NO2. The lowest BCUT2D eigenvalue weighted by molar-refractivity contribution is 0.0471. The van der Waals surface area contributed by atoms with E-state index in [2.05, 4.69) is 32.0 Å². The van der Waals surface area contributed by atoms with Crippen LogP contribution in [-0.4, -0.2) is 21.3 Å². The summed E-state index contributed by atoms with van der Waals surface area (Å²) in [7, 11) is 0. The lowest BCUT2D eigenvalue weighted by Gasteiger charge is -2.23. The molecule has 3 heteroatoms. The molecule has 3 nitrogen and oxygen atoms in total. The van der Waals surface area contributed by atoms with Gasteiger partial charge in [-0.15, -0.1) is 0 Å². The van der Waals surface area contributed by atoms with Crippen LogP contribution in [0.15, 0.2) is 36.4 Å². The van der Waals surface area contributed by atoms with E-state index in [-0.39, 0.29) is 0 Å². The first-order valence-corrected chi connectivity index (χ1v) is 7.44. The van der Waals surface area contributed by atoms with Crippen LogP contribution in [0.5, 0.6) is 0 Å². The van der Waals surface area contributed by atoms with Crippen molar-refractivity contribution in [1.82, 2.24) is 4.98 Å². The fraction of sp³-hybridized carbons (Fsp3) is 0.211. The Hall–Kier alpha value is -2.23. The molecule has 0 aliphatic heterocycles. The van der Waals surface area contributed by atoms with Gasteiger partial charge in [0.05, 0.1) is 11.0 Å². The highest BCUT2D eigenvalue weighted by molar-refractivity contribution is 6.01. The van der Waals surface area contributed by atoms with Gasteiger partial charge in [-0.05, 0) is 36.6 Å². The maximum absolute atomic E-state index is 10.2. The van der Waals surface area contributed by atoms with Crippen molar-refractivity contribution in [2.45, 2.75) is 26.1 Å². The Labute approximate surface area is 128 Å². The van der Waals surface area contributed by atoms with Crippen molar-refractivity contribution < 1.29 is 10.2 Å². The first-order valence-electron chi connectivity index (χ1n) is 7.44. The minimum absolute atomic E-state index is 0.737. The van der Waals surface area contributed by atoms with Crippen molar-refractivity contribution in [2.24, 2.45) is 0 Å². The molecule has 1 aliphatic carbocycles. The number of aryl methyl sites for hydroxylation is 2. The summed E-state index contributed by atoms with van der Waals surface area (Å²) in [6, 6.07) is 10.2. The van der Waals surface area contributed by atoms with Crippen molar-refractivity contribution >= 4 is 27.9 Å².